The molecule has 3 aromatic rings. The largest absolute Gasteiger partial charge is 0.469 e. The number of hydrogen-bond acceptors (Lipinski definition) is 18. The lowest BCUT2D eigenvalue weighted by molar-refractivity contribution is 0.330. The van der Waals surface area contributed by atoms with Gasteiger partial charge in [0.05, 0.1) is 19.1 Å². The van der Waals surface area contributed by atoms with Crippen LogP contribution in [0.25, 0.3) is 0 Å². The van der Waals surface area contributed by atoms with Crippen LogP contribution < -0.4 is 16.0 Å². The molecule has 308 valence electrons. The molecule has 3 aliphatic rings. The van der Waals surface area contributed by atoms with Crippen molar-refractivity contribution in [2.75, 3.05) is 75.5 Å². The molecule has 0 aliphatic carbocycles. The molecule has 3 aliphatic heterocycles. The van der Waals surface area contributed by atoms with Gasteiger partial charge in [0.15, 0.2) is 5.96 Å². The van der Waals surface area contributed by atoms with E-state index in [4.69, 9.17) is 38.2 Å². The van der Waals surface area contributed by atoms with Crippen LogP contribution in [0.3, 0.4) is 0 Å². The van der Waals surface area contributed by atoms with Crippen LogP contribution in [-0.2, 0) is 25.8 Å². The minimum atomic E-state index is -0.289. The summed E-state index contributed by atoms with van der Waals surface area (Å²) in [5.41, 5.74) is 0. The van der Waals surface area contributed by atoms with Crippen molar-refractivity contribution in [2.24, 2.45) is 30.0 Å². The Hall–Kier alpha value is -5.94. The van der Waals surface area contributed by atoms with Crippen molar-refractivity contribution in [2.45, 2.75) is 64.6 Å². The number of rotatable bonds is 14. The van der Waals surface area contributed by atoms with Gasteiger partial charge < -0.3 is 43.1 Å². The van der Waals surface area contributed by atoms with E-state index in [0.717, 1.165) is 72.2 Å². The van der Waals surface area contributed by atoms with E-state index in [2.05, 4.69) is 41.7 Å². The lowest BCUT2D eigenvalue weighted by Crippen LogP contribution is -2.53. The summed E-state index contributed by atoms with van der Waals surface area (Å²) in [6.45, 7) is 7.28. The van der Waals surface area contributed by atoms with Gasteiger partial charge in [-0.1, -0.05) is 0 Å². The first-order valence-corrected chi connectivity index (χ1v) is 19.5. The standard InChI is InChI=1S/C39H59N15O3/c1-27-41-34(40-20-16-29-12-10-24-55-29)47-36(42-27)52(8)26-32-15-14-31(57-32)18-22-54(39-44-28(2)43-38(50(5)6)53(39)9)23-19-33-45-35(49(3)4)48-37(46-33)51(7)21-17-30-13-11-25-56-30/h10-15,24-25,27-28,33H,16-23,26H2,1-9H3,(H,45,46,48)(H2,40,41,42,47). The van der Waals surface area contributed by atoms with Crippen LogP contribution in [0.15, 0.2) is 92.1 Å². The van der Waals surface area contributed by atoms with Crippen molar-refractivity contribution in [3.63, 3.8) is 0 Å². The lowest BCUT2D eigenvalue weighted by Gasteiger charge is -2.38. The minimum absolute atomic E-state index is 0.217. The Kier molecular flexibility index (Phi) is 13.4. The van der Waals surface area contributed by atoms with E-state index in [1.165, 1.54) is 0 Å². The van der Waals surface area contributed by atoms with E-state index in [9.17, 15) is 0 Å². The van der Waals surface area contributed by atoms with Gasteiger partial charge in [-0.3, -0.25) is 15.5 Å². The van der Waals surface area contributed by atoms with Gasteiger partial charge in [-0.05, 0) is 50.2 Å². The van der Waals surface area contributed by atoms with Gasteiger partial charge in [0, 0.05) is 101 Å². The molecule has 18 nitrogen and oxygen atoms in total. The fourth-order valence-corrected chi connectivity index (χ4v) is 6.58. The van der Waals surface area contributed by atoms with E-state index in [1.807, 2.05) is 108 Å². The molecule has 3 aromatic heterocycles. The summed E-state index contributed by atoms with van der Waals surface area (Å²) in [7, 11) is 14.0. The zero-order valence-electron chi connectivity index (χ0n) is 34.8. The number of furan rings is 3. The van der Waals surface area contributed by atoms with Gasteiger partial charge in [-0.15, -0.1) is 0 Å². The van der Waals surface area contributed by atoms with Crippen molar-refractivity contribution >= 4 is 35.8 Å². The van der Waals surface area contributed by atoms with Crippen LogP contribution in [0.2, 0.25) is 0 Å². The average Bonchev–Trinajstić information content (AvgIpc) is 3.99. The topological polar surface area (TPSA) is 169 Å². The molecule has 6 heterocycles. The Labute approximate surface area is 335 Å². The van der Waals surface area contributed by atoms with Crippen LogP contribution in [0, 0.1) is 0 Å². The number of aliphatic imine (C=N–C) groups is 6. The maximum absolute atomic E-state index is 6.41. The molecule has 0 aromatic carbocycles. The molecule has 6 rings (SSSR count). The second kappa shape index (κ2) is 18.8. The van der Waals surface area contributed by atoms with Crippen molar-refractivity contribution in [3.8, 4) is 0 Å². The molecule has 18 heteroatoms. The van der Waals surface area contributed by atoms with Crippen molar-refractivity contribution in [1.29, 1.82) is 0 Å². The number of nitrogens with one attached hydrogen (secondary N) is 3. The normalized spacial score (nSPS) is 19.2. The molecule has 0 amide bonds. The van der Waals surface area contributed by atoms with Crippen molar-refractivity contribution in [1.82, 2.24) is 45.3 Å². The Morgan fingerprint density at radius 2 is 1.30 bits per heavy atom. The summed E-state index contributed by atoms with van der Waals surface area (Å²) >= 11 is 0. The van der Waals surface area contributed by atoms with Gasteiger partial charge in [0.1, 0.15) is 41.5 Å². The molecular formula is C39H59N15O3. The second-order valence-corrected chi connectivity index (χ2v) is 14.8. The molecule has 0 spiro atoms. The molecule has 57 heavy (non-hydrogen) atoms. The summed E-state index contributed by atoms with van der Waals surface area (Å²) in [5.74, 6) is 8.25. The third kappa shape index (κ3) is 11.1. The summed E-state index contributed by atoms with van der Waals surface area (Å²) in [6, 6.07) is 11.9. The van der Waals surface area contributed by atoms with Crippen LogP contribution >= 0.6 is 0 Å². The number of likely N-dealkylation sites (N-methyl/N-ethyl adjacent to an activating group) is 1. The fourth-order valence-electron chi connectivity index (χ4n) is 6.58. The monoisotopic (exact) mass is 785 g/mol. The summed E-state index contributed by atoms with van der Waals surface area (Å²) in [4.78, 5) is 41.7. The number of hydrogen-bond donors (Lipinski definition) is 3. The third-order valence-electron chi connectivity index (χ3n) is 9.57. The molecule has 3 N–H and O–H groups in total. The summed E-state index contributed by atoms with van der Waals surface area (Å²) in [6.07, 6.45) is 5.55. The fraction of sp³-hybridized carbons (Fsp3) is 0.538. The molecule has 0 saturated heterocycles. The Bertz CT molecular complexity index is 1930. The highest BCUT2D eigenvalue weighted by atomic mass is 16.3. The highest BCUT2D eigenvalue weighted by molar-refractivity contribution is 6.01. The van der Waals surface area contributed by atoms with E-state index in [-0.39, 0.29) is 18.5 Å². The number of guanidine groups is 6. The van der Waals surface area contributed by atoms with Crippen LogP contribution in [0.1, 0.15) is 43.3 Å². The van der Waals surface area contributed by atoms with Crippen LogP contribution in [0.4, 0.5) is 0 Å². The van der Waals surface area contributed by atoms with Gasteiger partial charge in [-0.2, -0.15) is 0 Å². The molecule has 0 fully saturated rings. The Morgan fingerprint density at radius 3 is 2.00 bits per heavy atom. The van der Waals surface area contributed by atoms with Gasteiger partial charge >= 0.3 is 0 Å². The van der Waals surface area contributed by atoms with Crippen molar-refractivity contribution in [3.05, 3.63) is 72.0 Å². The van der Waals surface area contributed by atoms with Crippen LogP contribution in [-0.4, -0.2) is 159 Å². The second-order valence-electron chi connectivity index (χ2n) is 14.8. The van der Waals surface area contributed by atoms with Gasteiger partial charge in [-0.25, -0.2) is 30.0 Å². The SMILES string of the molecule is CC1N=C(NCCc2ccco2)NC(N(C)Cc2ccc(CCN(CCC3N=C(N(C)C)NC(N(C)CCc4ccco4)=N3)C3=NC(C)N=C(N(C)C)N3C)o2)=N1. The Morgan fingerprint density at radius 1 is 0.649 bits per heavy atom. The van der Waals surface area contributed by atoms with E-state index < -0.39 is 0 Å². The summed E-state index contributed by atoms with van der Waals surface area (Å²) < 4.78 is 17.4. The van der Waals surface area contributed by atoms with Gasteiger partial charge in [0.25, 0.3) is 0 Å². The first-order chi connectivity index (χ1) is 27.4. The number of nitrogens with zero attached hydrogens (tertiary/aromatic N) is 12. The molecular weight excluding hydrogens is 727 g/mol. The maximum Gasteiger partial charge on any atom is 0.205 e. The lowest BCUT2D eigenvalue weighted by atomic mass is 10.2. The van der Waals surface area contributed by atoms with Crippen LogP contribution in [0.5, 0.6) is 0 Å². The molecule has 3 atom stereocenters. The van der Waals surface area contributed by atoms with E-state index >= 15 is 0 Å². The highest BCUT2D eigenvalue weighted by Crippen LogP contribution is 2.18. The predicted molar refractivity (Wildman–Crippen MR) is 224 cm³/mol. The molecule has 0 bridgehead atoms. The smallest absolute Gasteiger partial charge is 0.205 e. The first kappa shape index (κ1) is 40.7. The molecule has 0 saturated carbocycles. The highest BCUT2D eigenvalue weighted by Gasteiger charge is 2.28. The Balaban J connectivity index is 1.10. The van der Waals surface area contributed by atoms with Gasteiger partial charge in [0.2, 0.25) is 29.8 Å². The maximum atomic E-state index is 6.41. The third-order valence-corrected chi connectivity index (χ3v) is 9.57. The average molecular weight is 786 g/mol. The minimum Gasteiger partial charge on any atom is -0.469 e. The zero-order valence-corrected chi connectivity index (χ0v) is 34.8. The van der Waals surface area contributed by atoms with Crippen molar-refractivity contribution < 1.29 is 13.3 Å². The summed E-state index contributed by atoms with van der Waals surface area (Å²) in [5, 5.41) is 10.1. The van der Waals surface area contributed by atoms with E-state index in [1.54, 1.807) is 12.5 Å². The quantitative estimate of drug-likeness (QED) is 0.219. The zero-order chi connectivity index (χ0) is 40.5. The molecule has 0 radical (unpaired) electrons. The first-order valence-electron chi connectivity index (χ1n) is 19.5. The molecule has 3 unspecified atom stereocenters. The van der Waals surface area contributed by atoms with E-state index in [0.29, 0.717) is 45.0 Å². The predicted octanol–water partition coefficient (Wildman–Crippen LogP) is 2.57.